The molecule has 0 aromatic heterocycles. The largest absolute Gasteiger partial charge is 0.393 e. The van der Waals surface area contributed by atoms with Gasteiger partial charge in [-0.05, 0) is 19.3 Å². The van der Waals surface area contributed by atoms with Gasteiger partial charge >= 0.3 is 0 Å². The predicted molar refractivity (Wildman–Crippen MR) is 74.3 cm³/mol. The van der Waals surface area contributed by atoms with Gasteiger partial charge in [0.1, 0.15) is 0 Å². The predicted octanol–water partition coefficient (Wildman–Crippen LogP) is 2.82. The maximum Gasteiger partial charge on any atom is 0.222 e. The highest BCUT2D eigenvalue weighted by Crippen LogP contribution is 2.22. The highest BCUT2D eigenvalue weighted by Gasteiger charge is 2.29. The Morgan fingerprint density at radius 1 is 1.39 bits per heavy atom. The average molecular weight is 255 g/mol. The number of likely N-dealkylation sites (tertiary alicyclic amines) is 1. The van der Waals surface area contributed by atoms with Crippen molar-refractivity contribution in [2.75, 3.05) is 13.1 Å². The number of hydrogen-bond acceptors (Lipinski definition) is 2. The van der Waals surface area contributed by atoms with E-state index in [9.17, 15) is 9.90 Å². The molecular formula is C15H29NO2. The summed E-state index contributed by atoms with van der Waals surface area (Å²) < 4.78 is 0. The van der Waals surface area contributed by atoms with Crippen LogP contribution in [0.4, 0.5) is 0 Å². The molecule has 0 saturated carbocycles. The first-order chi connectivity index (χ1) is 8.54. The molecule has 3 heteroatoms. The molecule has 1 N–H and O–H groups in total. The van der Waals surface area contributed by atoms with Crippen LogP contribution >= 0.6 is 0 Å². The first-order valence-electron chi connectivity index (χ1n) is 7.50. The summed E-state index contributed by atoms with van der Waals surface area (Å²) in [5, 5.41) is 9.54. The standard InChI is InChI=1S/C15H29NO2/c1-4-5-6-7-12(2)10-15(18)16-9-8-14(11-16)13(3)17/h12-14,17H,4-11H2,1-3H3. The topological polar surface area (TPSA) is 40.5 Å². The van der Waals surface area contributed by atoms with E-state index in [2.05, 4.69) is 13.8 Å². The monoisotopic (exact) mass is 255 g/mol. The van der Waals surface area contributed by atoms with E-state index in [0.717, 1.165) is 25.9 Å². The molecular weight excluding hydrogens is 226 g/mol. The minimum atomic E-state index is -0.287. The van der Waals surface area contributed by atoms with Crippen molar-refractivity contribution in [2.45, 2.75) is 65.4 Å². The van der Waals surface area contributed by atoms with Crippen molar-refractivity contribution < 1.29 is 9.90 Å². The van der Waals surface area contributed by atoms with E-state index in [1.807, 2.05) is 11.8 Å². The van der Waals surface area contributed by atoms with Gasteiger partial charge in [0, 0.05) is 25.4 Å². The van der Waals surface area contributed by atoms with Gasteiger partial charge in [-0.3, -0.25) is 4.79 Å². The van der Waals surface area contributed by atoms with E-state index in [0.29, 0.717) is 12.3 Å². The highest BCUT2D eigenvalue weighted by atomic mass is 16.3. The number of carbonyl (C=O) groups excluding carboxylic acids is 1. The molecule has 18 heavy (non-hydrogen) atoms. The molecule has 3 unspecified atom stereocenters. The van der Waals surface area contributed by atoms with Crippen LogP contribution in [0, 0.1) is 11.8 Å². The Labute approximate surface area is 112 Å². The molecule has 0 aliphatic carbocycles. The van der Waals surface area contributed by atoms with Gasteiger partial charge in [0.2, 0.25) is 5.91 Å². The summed E-state index contributed by atoms with van der Waals surface area (Å²) >= 11 is 0. The quantitative estimate of drug-likeness (QED) is 0.711. The Hall–Kier alpha value is -0.570. The third kappa shape index (κ3) is 4.97. The Kier molecular flexibility index (Phi) is 6.69. The van der Waals surface area contributed by atoms with Crippen LogP contribution in [-0.4, -0.2) is 35.1 Å². The third-order valence-electron chi connectivity index (χ3n) is 4.08. The van der Waals surface area contributed by atoms with Crippen molar-refractivity contribution in [1.29, 1.82) is 0 Å². The molecule has 106 valence electrons. The summed E-state index contributed by atoms with van der Waals surface area (Å²) in [6.07, 6.45) is 6.25. The number of amides is 1. The molecule has 1 amide bonds. The van der Waals surface area contributed by atoms with E-state index in [1.54, 1.807) is 0 Å². The molecule has 0 aromatic rings. The van der Waals surface area contributed by atoms with Crippen LogP contribution in [0.3, 0.4) is 0 Å². The Morgan fingerprint density at radius 2 is 2.11 bits per heavy atom. The molecule has 0 spiro atoms. The number of hydrogen-bond donors (Lipinski definition) is 1. The molecule has 3 nitrogen and oxygen atoms in total. The molecule has 1 heterocycles. The zero-order chi connectivity index (χ0) is 13.5. The van der Waals surface area contributed by atoms with Gasteiger partial charge in [0.25, 0.3) is 0 Å². The van der Waals surface area contributed by atoms with Gasteiger partial charge in [-0.15, -0.1) is 0 Å². The second-order valence-electron chi connectivity index (χ2n) is 5.93. The number of rotatable bonds is 7. The van der Waals surface area contributed by atoms with E-state index < -0.39 is 0 Å². The van der Waals surface area contributed by atoms with Crippen molar-refractivity contribution in [2.24, 2.45) is 11.8 Å². The van der Waals surface area contributed by atoms with Crippen LogP contribution in [0.15, 0.2) is 0 Å². The summed E-state index contributed by atoms with van der Waals surface area (Å²) in [5.41, 5.74) is 0. The molecule has 0 radical (unpaired) electrons. The van der Waals surface area contributed by atoms with E-state index in [4.69, 9.17) is 0 Å². The Morgan fingerprint density at radius 3 is 2.67 bits per heavy atom. The van der Waals surface area contributed by atoms with Gasteiger partial charge < -0.3 is 10.0 Å². The molecule has 1 rings (SSSR count). The summed E-state index contributed by atoms with van der Waals surface area (Å²) in [4.78, 5) is 14.0. The minimum Gasteiger partial charge on any atom is -0.393 e. The van der Waals surface area contributed by atoms with Gasteiger partial charge in [-0.25, -0.2) is 0 Å². The summed E-state index contributed by atoms with van der Waals surface area (Å²) in [7, 11) is 0. The van der Waals surface area contributed by atoms with Crippen LogP contribution in [-0.2, 0) is 4.79 Å². The molecule has 0 bridgehead atoms. The van der Waals surface area contributed by atoms with Crippen LogP contribution in [0.2, 0.25) is 0 Å². The highest BCUT2D eigenvalue weighted by molar-refractivity contribution is 5.76. The number of aliphatic hydroxyl groups is 1. The lowest BCUT2D eigenvalue weighted by Crippen LogP contribution is -2.31. The number of nitrogens with zero attached hydrogens (tertiary/aromatic N) is 1. The zero-order valence-electron chi connectivity index (χ0n) is 12.2. The van der Waals surface area contributed by atoms with Gasteiger partial charge in [-0.2, -0.15) is 0 Å². The lowest BCUT2D eigenvalue weighted by molar-refractivity contribution is -0.131. The summed E-state index contributed by atoms with van der Waals surface area (Å²) in [6, 6.07) is 0. The summed E-state index contributed by atoms with van der Waals surface area (Å²) in [6.45, 7) is 7.78. The molecule has 3 atom stereocenters. The smallest absolute Gasteiger partial charge is 0.222 e. The normalized spacial score (nSPS) is 23.1. The van der Waals surface area contributed by atoms with E-state index in [-0.39, 0.29) is 17.9 Å². The van der Waals surface area contributed by atoms with Crippen molar-refractivity contribution >= 4 is 5.91 Å². The molecule has 1 saturated heterocycles. The fourth-order valence-electron chi connectivity index (χ4n) is 2.68. The SMILES string of the molecule is CCCCCC(C)CC(=O)N1CCC(C(C)O)C1. The average Bonchev–Trinajstić information content (AvgIpc) is 2.78. The van der Waals surface area contributed by atoms with E-state index >= 15 is 0 Å². The molecule has 1 fully saturated rings. The molecule has 1 aliphatic rings. The van der Waals surface area contributed by atoms with Gasteiger partial charge in [-0.1, -0.05) is 39.5 Å². The fraction of sp³-hybridized carbons (Fsp3) is 0.933. The van der Waals surface area contributed by atoms with Crippen molar-refractivity contribution in [1.82, 2.24) is 4.90 Å². The lowest BCUT2D eigenvalue weighted by atomic mass is 9.99. The van der Waals surface area contributed by atoms with Crippen molar-refractivity contribution in [3.8, 4) is 0 Å². The second-order valence-corrected chi connectivity index (χ2v) is 5.93. The maximum absolute atomic E-state index is 12.1. The molecule has 1 aliphatic heterocycles. The zero-order valence-corrected chi connectivity index (χ0v) is 12.2. The number of unbranched alkanes of at least 4 members (excludes halogenated alkanes) is 2. The first kappa shape index (κ1) is 15.5. The van der Waals surface area contributed by atoms with Crippen LogP contribution in [0.5, 0.6) is 0 Å². The number of aliphatic hydroxyl groups excluding tert-OH is 1. The van der Waals surface area contributed by atoms with Crippen molar-refractivity contribution in [3.05, 3.63) is 0 Å². The van der Waals surface area contributed by atoms with Crippen LogP contribution in [0.25, 0.3) is 0 Å². The second kappa shape index (κ2) is 7.78. The van der Waals surface area contributed by atoms with Crippen LogP contribution < -0.4 is 0 Å². The van der Waals surface area contributed by atoms with Crippen LogP contribution in [0.1, 0.15) is 59.3 Å². The third-order valence-corrected chi connectivity index (χ3v) is 4.08. The van der Waals surface area contributed by atoms with Gasteiger partial charge in [0.05, 0.1) is 6.10 Å². The Bertz CT molecular complexity index is 253. The first-order valence-corrected chi connectivity index (χ1v) is 7.50. The Balaban J connectivity index is 2.24. The number of carbonyl (C=O) groups is 1. The maximum atomic E-state index is 12.1. The summed E-state index contributed by atoms with van der Waals surface area (Å²) in [5.74, 6) is 1.06. The van der Waals surface area contributed by atoms with Gasteiger partial charge in [0.15, 0.2) is 0 Å². The van der Waals surface area contributed by atoms with E-state index in [1.165, 1.54) is 19.3 Å². The molecule has 0 aromatic carbocycles. The van der Waals surface area contributed by atoms with Crippen molar-refractivity contribution in [3.63, 3.8) is 0 Å². The fourth-order valence-corrected chi connectivity index (χ4v) is 2.68. The lowest BCUT2D eigenvalue weighted by Gasteiger charge is -2.20. The minimum absolute atomic E-state index is 0.280.